The quantitative estimate of drug-likeness (QED) is 0.554. The van der Waals surface area contributed by atoms with Crippen LogP contribution in [-0.2, 0) is 16.0 Å². The van der Waals surface area contributed by atoms with Gasteiger partial charge >= 0.3 is 12.1 Å². The number of carbonyl (C=O) groups excluding carboxylic acids is 1. The lowest BCUT2D eigenvalue weighted by Gasteiger charge is -2.37. The van der Waals surface area contributed by atoms with E-state index in [1.54, 1.807) is 4.90 Å². The van der Waals surface area contributed by atoms with Crippen molar-refractivity contribution in [2.45, 2.75) is 62.3 Å². The van der Waals surface area contributed by atoms with Crippen LogP contribution in [0.1, 0.15) is 56.1 Å². The summed E-state index contributed by atoms with van der Waals surface area (Å²) in [6, 6.07) is 5.08. The molecule has 0 aliphatic carbocycles. The van der Waals surface area contributed by atoms with Crippen LogP contribution < -0.4 is 4.90 Å². The number of rotatable bonds is 6. The summed E-state index contributed by atoms with van der Waals surface area (Å²) in [5.74, 6) is 1.29. The highest BCUT2D eigenvalue weighted by atomic mass is 32.2. The molecular weight excluding hydrogens is 388 g/mol. The Kier molecular flexibility index (Phi) is 6.23. The number of aryl methyl sites for hydroxylation is 1. The summed E-state index contributed by atoms with van der Waals surface area (Å²) in [4.78, 5) is 28.6. The van der Waals surface area contributed by atoms with Gasteiger partial charge < -0.3 is 19.6 Å². The highest BCUT2D eigenvalue weighted by Gasteiger charge is 2.44. The first-order chi connectivity index (χ1) is 14.1. The van der Waals surface area contributed by atoms with Crippen LogP contribution in [0.5, 0.6) is 0 Å². The van der Waals surface area contributed by atoms with Gasteiger partial charge in [-0.1, -0.05) is 6.07 Å². The molecule has 0 bridgehead atoms. The lowest BCUT2D eigenvalue weighted by Crippen LogP contribution is -2.48. The third kappa shape index (κ3) is 4.20. The number of unbranched alkanes of at least 4 members (excludes halogenated alkanes) is 1. The fourth-order valence-corrected chi connectivity index (χ4v) is 6.12. The van der Waals surface area contributed by atoms with E-state index in [2.05, 4.69) is 17.0 Å². The molecule has 3 aliphatic heterocycles. The second-order valence-electron chi connectivity index (χ2n) is 8.13. The molecule has 7 heteroatoms. The standard InChI is InChI=1S/C22H30N2O4S/c1-2-28-20(25)7-4-3-6-15-12-16-17-14-23(22(26)27)10-8-18(17)24-9-5-11-29-19(13-15)21(16)24/h12-13,17-18H,2-11,14H2,1H3,(H,26,27)/t17-,18-/m0/s1. The van der Waals surface area contributed by atoms with Gasteiger partial charge in [-0.2, -0.15) is 0 Å². The van der Waals surface area contributed by atoms with Gasteiger partial charge in [0.1, 0.15) is 0 Å². The molecule has 1 aromatic rings. The van der Waals surface area contributed by atoms with Crippen LogP contribution in [0, 0.1) is 0 Å². The Hall–Kier alpha value is -1.89. The number of amides is 1. The molecular formula is C22H30N2O4S. The maximum absolute atomic E-state index is 11.6. The summed E-state index contributed by atoms with van der Waals surface area (Å²) in [5.41, 5.74) is 4.02. The van der Waals surface area contributed by atoms with Crippen molar-refractivity contribution in [1.29, 1.82) is 0 Å². The molecule has 6 nitrogen and oxygen atoms in total. The van der Waals surface area contributed by atoms with Crippen LogP contribution in [0.4, 0.5) is 10.5 Å². The largest absolute Gasteiger partial charge is 0.466 e. The minimum atomic E-state index is -0.805. The first kappa shape index (κ1) is 20.4. The normalized spacial score (nSPS) is 22.7. The van der Waals surface area contributed by atoms with Gasteiger partial charge in [0.25, 0.3) is 0 Å². The van der Waals surface area contributed by atoms with Crippen molar-refractivity contribution in [3.8, 4) is 0 Å². The predicted molar refractivity (Wildman–Crippen MR) is 114 cm³/mol. The molecule has 1 amide bonds. The van der Waals surface area contributed by atoms with Gasteiger partial charge in [-0.05, 0) is 62.0 Å². The Morgan fingerprint density at radius 1 is 1.28 bits per heavy atom. The molecule has 1 aromatic carbocycles. The van der Waals surface area contributed by atoms with Crippen LogP contribution in [0.25, 0.3) is 0 Å². The number of likely N-dealkylation sites (tertiary alicyclic amines) is 1. The SMILES string of the molecule is CCOC(=O)CCCCc1cc2c3c(c1)[C@@H]1CN(C(=O)O)CC[C@@H]1N3CCCS2. The zero-order chi connectivity index (χ0) is 20.4. The Bertz CT molecular complexity index is 784. The number of carboxylic acid groups (broad SMARTS) is 1. The molecule has 29 heavy (non-hydrogen) atoms. The summed E-state index contributed by atoms with van der Waals surface area (Å²) < 4.78 is 5.01. The average Bonchev–Trinajstić information content (AvgIpc) is 2.86. The summed E-state index contributed by atoms with van der Waals surface area (Å²) in [6.07, 6.45) is 4.49. The fraction of sp³-hybridized carbons (Fsp3) is 0.636. The van der Waals surface area contributed by atoms with E-state index in [0.29, 0.717) is 32.2 Å². The second kappa shape index (κ2) is 8.86. The van der Waals surface area contributed by atoms with E-state index in [1.165, 1.54) is 28.1 Å². The van der Waals surface area contributed by atoms with Crippen LogP contribution in [-0.4, -0.2) is 60.1 Å². The van der Waals surface area contributed by atoms with Crippen molar-refractivity contribution in [1.82, 2.24) is 4.90 Å². The smallest absolute Gasteiger partial charge is 0.407 e. The monoisotopic (exact) mass is 418 g/mol. The van der Waals surface area contributed by atoms with E-state index in [9.17, 15) is 14.7 Å². The number of hydrogen-bond donors (Lipinski definition) is 1. The highest BCUT2D eigenvalue weighted by molar-refractivity contribution is 7.99. The number of nitrogens with zero attached hydrogens (tertiary/aromatic N) is 2. The molecule has 2 atom stereocenters. The molecule has 1 N–H and O–H groups in total. The summed E-state index contributed by atoms with van der Waals surface area (Å²) in [7, 11) is 0. The average molecular weight is 419 g/mol. The van der Waals surface area contributed by atoms with Gasteiger partial charge in [0.05, 0.1) is 12.3 Å². The Balaban J connectivity index is 1.52. The van der Waals surface area contributed by atoms with Crippen molar-refractivity contribution < 1.29 is 19.4 Å². The van der Waals surface area contributed by atoms with Crippen LogP contribution in [0.2, 0.25) is 0 Å². The lowest BCUT2D eigenvalue weighted by atomic mass is 9.88. The molecule has 0 unspecified atom stereocenters. The van der Waals surface area contributed by atoms with Crippen molar-refractivity contribution in [3.05, 3.63) is 23.3 Å². The van der Waals surface area contributed by atoms with Gasteiger partial charge in [0.15, 0.2) is 0 Å². The maximum atomic E-state index is 11.6. The van der Waals surface area contributed by atoms with E-state index >= 15 is 0 Å². The molecule has 3 aliphatic rings. The van der Waals surface area contributed by atoms with Crippen LogP contribution in [0.3, 0.4) is 0 Å². The predicted octanol–water partition coefficient (Wildman–Crippen LogP) is 4.11. The van der Waals surface area contributed by atoms with E-state index in [-0.39, 0.29) is 11.9 Å². The third-order valence-electron chi connectivity index (χ3n) is 6.30. The third-order valence-corrected chi connectivity index (χ3v) is 7.42. The van der Waals surface area contributed by atoms with Gasteiger partial charge in [-0.3, -0.25) is 4.79 Å². The van der Waals surface area contributed by atoms with Gasteiger partial charge in [0.2, 0.25) is 0 Å². The van der Waals surface area contributed by atoms with E-state index in [4.69, 9.17) is 4.74 Å². The number of piperidine rings is 1. The number of carbonyl (C=O) groups is 2. The van der Waals surface area contributed by atoms with E-state index in [0.717, 1.165) is 38.0 Å². The minimum absolute atomic E-state index is 0.113. The summed E-state index contributed by atoms with van der Waals surface area (Å²) in [6.45, 7) is 4.57. The molecule has 0 aromatic heterocycles. The first-order valence-corrected chi connectivity index (χ1v) is 11.8. The number of hydrogen-bond acceptors (Lipinski definition) is 5. The number of esters is 1. The highest BCUT2D eigenvalue weighted by Crippen LogP contribution is 2.51. The topological polar surface area (TPSA) is 70.1 Å². The molecule has 3 heterocycles. The van der Waals surface area contributed by atoms with E-state index in [1.807, 2.05) is 18.7 Å². The molecule has 158 valence electrons. The zero-order valence-electron chi connectivity index (χ0n) is 17.1. The molecule has 1 fully saturated rings. The molecule has 1 saturated heterocycles. The minimum Gasteiger partial charge on any atom is -0.466 e. The van der Waals surface area contributed by atoms with Gasteiger partial charge in [-0.15, -0.1) is 11.8 Å². The second-order valence-corrected chi connectivity index (χ2v) is 9.27. The van der Waals surface area contributed by atoms with Crippen LogP contribution >= 0.6 is 11.8 Å². The van der Waals surface area contributed by atoms with E-state index < -0.39 is 6.09 Å². The molecule has 0 spiro atoms. The Morgan fingerprint density at radius 3 is 2.93 bits per heavy atom. The van der Waals surface area contributed by atoms with Crippen molar-refractivity contribution >= 4 is 29.5 Å². The molecule has 0 radical (unpaired) electrons. The summed E-state index contributed by atoms with van der Waals surface area (Å²) >= 11 is 1.94. The maximum Gasteiger partial charge on any atom is 0.407 e. The number of benzene rings is 1. The Labute approximate surface area is 176 Å². The van der Waals surface area contributed by atoms with Crippen molar-refractivity contribution in [2.75, 3.05) is 36.9 Å². The first-order valence-electron chi connectivity index (χ1n) is 10.8. The van der Waals surface area contributed by atoms with Crippen molar-refractivity contribution in [2.24, 2.45) is 0 Å². The number of ether oxygens (including phenoxy) is 1. The zero-order valence-corrected chi connectivity index (χ0v) is 17.9. The molecule has 4 rings (SSSR count). The summed E-state index contributed by atoms with van der Waals surface area (Å²) in [5, 5.41) is 9.49. The number of fused-ring (bicyclic) bond motifs is 3. The number of anilines is 1. The van der Waals surface area contributed by atoms with Gasteiger partial charge in [-0.25, -0.2) is 4.79 Å². The Morgan fingerprint density at radius 2 is 2.14 bits per heavy atom. The fourth-order valence-electron chi connectivity index (χ4n) is 5.02. The molecule has 0 saturated carbocycles. The van der Waals surface area contributed by atoms with Crippen molar-refractivity contribution in [3.63, 3.8) is 0 Å². The number of thioether (sulfide) groups is 1. The van der Waals surface area contributed by atoms with Crippen LogP contribution in [0.15, 0.2) is 17.0 Å². The van der Waals surface area contributed by atoms with Gasteiger partial charge in [0, 0.05) is 42.9 Å². The lowest BCUT2D eigenvalue weighted by molar-refractivity contribution is -0.143.